The molecule has 19 heavy (non-hydrogen) atoms. The van der Waals surface area contributed by atoms with Crippen molar-refractivity contribution in [2.45, 2.75) is 57.3 Å². The summed E-state index contributed by atoms with van der Waals surface area (Å²) >= 11 is 0. The second kappa shape index (κ2) is 7.19. The highest BCUT2D eigenvalue weighted by atomic mass is 19.3. The summed E-state index contributed by atoms with van der Waals surface area (Å²) in [5.74, 6) is -2.14. The molecule has 0 saturated heterocycles. The number of Topliss-reactive ketones (excluding diaryl/α,β-unsaturated/α-hetero) is 1. The van der Waals surface area contributed by atoms with Gasteiger partial charge in [0.25, 0.3) is 0 Å². The van der Waals surface area contributed by atoms with E-state index in [2.05, 4.69) is 6.07 Å². The summed E-state index contributed by atoms with van der Waals surface area (Å²) in [6.07, 6.45) is 3.34. The van der Waals surface area contributed by atoms with Crippen molar-refractivity contribution in [2.24, 2.45) is 11.8 Å². The molecule has 0 aliphatic heterocycles. The van der Waals surface area contributed by atoms with E-state index in [9.17, 15) is 13.6 Å². The molecule has 0 aromatic rings. The van der Waals surface area contributed by atoms with Gasteiger partial charge in [0.15, 0.2) is 0 Å². The van der Waals surface area contributed by atoms with Crippen molar-refractivity contribution in [1.82, 2.24) is 0 Å². The zero-order chi connectivity index (χ0) is 14.3. The predicted molar refractivity (Wildman–Crippen MR) is 65.1 cm³/mol. The predicted octanol–water partition coefficient (Wildman–Crippen LogP) is 3.60. The first-order valence-corrected chi connectivity index (χ1v) is 6.65. The molecule has 3 nitrogen and oxygen atoms in total. The molecule has 2 aliphatic rings. The summed E-state index contributed by atoms with van der Waals surface area (Å²) in [4.78, 5) is 10.6. The average Bonchev–Trinajstić information content (AvgIpc) is 2.40. The van der Waals surface area contributed by atoms with Crippen molar-refractivity contribution in [1.29, 1.82) is 10.5 Å². The van der Waals surface area contributed by atoms with Crippen LogP contribution in [0.15, 0.2) is 0 Å². The van der Waals surface area contributed by atoms with Gasteiger partial charge in [-0.3, -0.25) is 4.79 Å². The molecule has 0 N–H and O–H groups in total. The first-order chi connectivity index (χ1) is 8.96. The molecular formula is C14H18F2N2O. The maximum atomic E-state index is 12.4. The van der Waals surface area contributed by atoms with Gasteiger partial charge >= 0.3 is 0 Å². The molecule has 0 radical (unpaired) electrons. The molecule has 0 heterocycles. The monoisotopic (exact) mass is 268 g/mol. The number of alkyl halides is 2. The van der Waals surface area contributed by atoms with Crippen LogP contribution in [0.2, 0.25) is 0 Å². The van der Waals surface area contributed by atoms with Crippen LogP contribution in [-0.2, 0) is 4.79 Å². The number of hydrogen-bond donors (Lipinski definition) is 0. The molecule has 0 spiro atoms. The van der Waals surface area contributed by atoms with Gasteiger partial charge in [-0.1, -0.05) is 0 Å². The minimum absolute atomic E-state index is 0.106. The topological polar surface area (TPSA) is 64.7 Å². The van der Waals surface area contributed by atoms with Crippen LogP contribution in [0, 0.1) is 34.5 Å². The average molecular weight is 268 g/mol. The number of halogens is 2. The van der Waals surface area contributed by atoms with Gasteiger partial charge in [0.1, 0.15) is 5.78 Å². The molecule has 2 rings (SSSR count). The lowest BCUT2D eigenvalue weighted by Gasteiger charge is -2.23. The fourth-order valence-corrected chi connectivity index (χ4v) is 2.24. The quantitative estimate of drug-likeness (QED) is 0.674. The van der Waals surface area contributed by atoms with E-state index in [-0.39, 0.29) is 24.7 Å². The summed E-state index contributed by atoms with van der Waals surface area (Å²) in [6, 6.07) is 4.18. The van der Waals surface area contributed by atoms with Crippen molar-refractivity contribution in [3.8, 4) is 12.1 Å². The van der Waals surface area contributed by atoms with Gasteiger partial charge < -0.3 is 0 Å². The Balaban J connectivity index is 0.000000191. The van der Waals surface area contributed by atoms with Crippen molar-refractivity contribution >= 4 is 5.78 Å². The lowest BCUT2D eigenvalue weighted by molar-refractivity contribution is -0.120. The summed E-state index contributed by atoms with van der Waals surface area (Å²) in [7, 11) is 0. The van der Waals surface area contributed by atoms with E-state index in [0.29, 0.717) is 31.5 Å². The zero-order valence-electron chi connectivity index (χ0n) is 10.9. The molecule has 0 amide bonds. The molecule has 0 unspecified atom stereocenters. The van der Waals surface area contributed by atoms with Crippen LogP contribution in [0.1, 0.15) is 51.4 Å². The van der Waals surface area contributed by atoms with Gasteiger partial charge in [-0.25, -0.2) is 8.78 Å². The summed E-state index contributed by atoms with van der Waals surface area (Å²) in [5.41, 5.74) is 0. The number of nitriles is 2. The first-order valence-electron chi connectivity index (χ1n) is 6.65. The smallest absolute Gasteiger partial charge is 0.248 e. The lowest BCUT2D eigenvalue weighted by Crippen LogP contribution is -2.23. The Morgan fingerprint density at radius 3 is 1.79 bits per heavy atom. The molecule has 0 atom stereocenters. The largest absolute Gasteiger partial charge is 0.300 e. The Labute approximate surface area is 112 Å². The van der Waals surface area contributed by atoms with Crippen LogP contribution in [0.5, 0.6) is 0 Å². The van der Waals surface area contributed by atoms with Crippen LogP contribution in [0.3, 0.4) is 0 Å². The van der Waals surface area contributed by atoms with E-state index in [4.69, 9.17) is 10.5 Å². The van der Waals surface area contributed by atoms with Gasteiger partial charge in [-0.15, -0.1) is 0 Å². The second-order valence-corrected chi connectivity index (χ2v) is 5.20. The second-order valence-electron chi connectivity index (χ2n) is 5.20. The van der Waals surface area contributed by atoms with E-state index in [1.165, 1.54) is 0 Å². The van der Waals surface area contributed by atoms with E-state index in [1.807, 2.05) is 6.07 Å². The van der Waals surface area contributed by atoms with Crippen LogP contribution >= 0.6 is 0 Å². The maximum absolute atomic E-state index is 12.4. The zero-order valence-corrected chi connectivity index (χ0v) is 10.9. The van der Waals surface area contributed by atoms with Crippen LogP contribution in [0.4, 0.5) is 8.78 Å². The Bertz CT molecular complexity index is 375. The third-order valence-corrected chi connectivity index (χ3v) is 3.63. The molecule has 2 fully saturated rings. The fraction of sp³-hybridized carbons (Fsp3) is 0.786. The molecule has 5 heteroatoms. The molecule has 2 aliphatic carbocycles. The van der Waals surface area contributed by atoms with Crippen LogP contribution in [-0.4, -0.2) is 11.7 Å². The number of nitrogens with zero attached hydrogens (tertiary/aromatic N) is 2. The van der Waals surface area contributed by atoms with Gasteiger partial charge in [-0.05, 0) is 25.7 Å². The highest BCUT2D eigenvalue weighted by Crippen LogP contribution is 2.35. The first kappa shape index (κ1) is 15.6. The van der Waals surface area contributed by atoms with Gasteiger partial charge in [0, 0.05) is 37.5 Å². The standard InChI is InChI=1S/C7H9F2N.C7H9NO/c8-7(9)3-1-6(5-10)2-4-7;8-5-6-1-3-7(9)4-2-6/h6H,1-4H2;6H,1-4H2. The van der Waals surface area contributed by atoms with E-state index < -0.39 is 5.92 Å². The highest BCUT2D eigenvalue weighted by Gasteiger charge is 2.34. The van der Waals surface area contributed by atoms with Crippen molar-refractivity contribution in [2.75, 3.05) is 0 Å². The van der Waals surface area contributed by atoms with Gasteiger partial charge in [0.05, 0.1) is 12.1 Å². The van der Waals surface area contributed by atoms with E-state index >= 15 is 0 Å². The summed E-state index contributed by atoms with van der Waals surface area (Å²) in [6.45, 7) is 0. The number of rotatable bonds is 0. The SMILES string of the molecule is N#CC1CCC(=O)CC1.N#CC1CCC(F)(F)CC1. The Kier molecular flexibility index (Phi) is 5.89. The highest BCUT2D eigenvalue weighted by molar-refractivity contribution is 5.79. The maximum Gasteiger partial charge on any atom is 0.248 e. The lowest BCUT2D eigenvalue weighted by atomic mass is 9.88. The Hall–Kier alpha value is -1.49. The summed E-state index contributed by atoms with van der Waals surface area (Å²) in [5, 5.41) is 16.8. The van der Waals surface area contributed by atoms with E-state index in [1.54, 1.807) is 0 Å². The van der Waals surface area contributed by atoms with Crippen LogP contribution in [0.25, 0.3) is 0 Å². The van der Waals surface area contributed by atoms with Crippen molar-refractivity contribution in [3.63, 3.8) is 0 Å². The molecular weight excluding hydrogens is 250 g/mol. The molecule has 2 saturated carbocycles. The normalized spacial score (nSPS) is 23.7. The van der Waals surface area contributed by atoms with E-state index in [0.717, 1.165) is 12.8 Å². The van der Waals surface area contributed by atoms with Crippen molar-refractivity contribution in [3.05, 3.63) is 0 Å². The third-order valence-electron chi connectivity index (χ3n) is 3.63. The molecule has 0 aromatic carbocycles. The van der Waals surface area contributed by atoms with Crippen molar-refractivity contribution < 1.29 is 13.6 Å². The number of ketones is 1. The van der Waals surface area contributed by atoms with Gasteiger partial charge in [0.2, 0.25) is 5.92 Å². The molecule has 0 bridgehead atoms. The Morgan fingerprint density at radius 2 is 1.37 bits per heavy atom. The molecule has 0 aromatic heterocycles. The number of hydrogen-bond acceptors (Lipinski definition) is 3. The minimum atomic E-state index is -2.49. The minimum Gasteiger partial charge on any atom is -0.300 e. The number of carbonyl (C=O) groups excluding carboxylic acids is 1. The number of carbonyl (C=O) groups is 1. The summed E-state index contributed by atoms with van der Waals surface area (Å²) < 4.78 is 24.8. The van der Waals surface area contributed by atoms with Crippen LogP contribution < -0.4 is 0 Å². The molecule has 104 valence electrons. The fourth-order valence-electron chi connectivity index (χ4n) is 2.24. The Morgan fingerprint density at radius 1 is 0.947 bits per heavy atom. The van der Waals surface area contributed by atoms with Gasteiger partial charge in [-0.2, -0.15) is 10.5 Å². The third kappa shape index (κ3) is 5.79.